The summed E-state index contributed by atoms with van der Waals surface area (Å²) in [5, 5.41) is 12.1. The van der Waals surface area contributed by atoms with Crippen molar-refractivity contribution < 1.29 is 4.39 Å². The molecule has 19 heavy (non-hydrogen) atoms. The predicted octanol–water partition coefficient (Wildman–Crippen LogP) is 4.91. The summed E-state index contributed by atoms with van der Waals surface area (Å²) in [4.78, 5) is 4.02. The maximum atomic E-state index is 13.1. The lowest BCUT2D eigenvalue weighted by molar-refractivity contribution is 0.627. The van der Waals surface area contributed by atoms with Crippen molar-refractivity contribution in [3.63, 3.8) is 0 Å². The van der Waals surface area contributed by atoms with E-state index in [1.54, 1.807) is 0 Å². The van der Waals surface area contributed by atoms with Gasteiger partial charge in [0.2, 0.25) is 0 Å². The van der Waals surface area contributed by atoms with Gasteiger partial charge in [0.15, 0.2) is 5.82 Å². The third-order valence-electron chi connectivity index (χ3n) is 2.26. The molecule has 0 spiro atoms. The van der Waals surface area contributed by atoms with Gasteiger partial charge in [0.05, 0.1) is 16.3 Å². The fraction of sp³-hybridized carbons (Fsp3) is 0. The molecule has 0 unspecified atom stereocenters. The summed E-state index contributed by atoms with van der Waals surface area (Å²) in [6.07, 6.45) is 1.44. The number of aromatic nitrogens is 1. The molecule has 0 radical (unpaired) electrons. The lowest BCUT2D eigenvalue weighted by Crippen LogP contribution is -1.98. The second-order valence-corrected chi connectivity index (χ2v) is 5.14. The molecule has 0 bridgehead atoms. The van der Waals surface area contributed by atoms with Gasteiger partial charge in [0.1, 0.15) is 16.9 Å². The molecule has 0 amide bonds. The van der Waals surface area contributed by atoms with E-state index in [0.717, 1.165) is 6.07 Å². The fourth-order valence-electron chi connectivity index (χ4n) is 1.40. The minimum absolute atomic E-state index is 0.173. The van der Waals surface area contributed by atoms with Crippen LogP contribution < -0.4 is 5.32 Å². The molecule has 96 valence electrons. The van der Waals surface area contributed by atoms with Gasteiger partial charge in [0, 0.05) is 10.7 Å². The van der Waals surface area contributed by atoms with Gasteiger partial charge in [-0.05, 0) is 34.1 Å². The number of nitrogens with one attached hydrogen (secondary N) is 1. The van der Waals surface area contributed by atoms with Crippen molar-refractivity contribution in [3.05, 3.63) is 50.3 Å². The first kappa shape index (κ1) is 14.1. The summed E-state index contributed by atoms with van der Waals surface area (Å²) in [6, 6.07) is 5.86. The number of rotatable bonds is 2. The molecule has 1 heterocycles. The Hall–Kier alpha value is -1.35. The van der Waals surface area contributed by atoms with E-state index in [0.29, 0.717) is 10.2 Å². The van der Waals surface area contributed by atoms with Crippen LogP contribution in [0.4, 0.5) is 15.9 Å². The molecule has 2 rings (SSSR count). The first-order valence-corrected chi connectivity index (χ1v) is 6.54. The van der Waals surface area contributed by atoms with Crippen LogP contribution in [-0.2, 0) is 0 Å². The van der Waals surface area contributed by atoms with E-state index in [-0.39, 0.29) is 21.4 Å². The van der Waals surface area contributed by atoms with E-state index in [2.05, 4.69) is 26.2 Å². The molecular formula is C12H5BrCl2FN3. The van der Waals surface area contributed by atoms with Crippen molar-refractivity contribution in [1.29, 1.82) is 5.26 Å². The molecule has 0 aliphatic heterocycles. The van der Waals surface area contributed by atoms with Gasteiger partial charge in [-0.3, -0.25) is 0 Å². The van der Waals surface area contributed by atoms with Gasteiger partial charge in [-0.1, -0.05) is 23.2 Å². The van der Waals surface area contributed by atoms with Crippen LogP contribution in [0.2, 0.25) is 10.0 Å². The Morgan fingerprint density at radius 2 is 2.11 bits per heavy atom. The Labute approximate surface area is 127 Å². The molecule has 7 heteroatoms. The van der Waals surface area contributed by atoms with Crippen LogP contribution in [-0.4, -0.2) is 4.98 Å². The zero-order chi connectivity index (χ0) is 14.0. The topological polar surface area (TPSA) is 48.7 Å². The van der Waals surface area contributed by atoms with E-state index in [1.807, 2.05) is 6.07 Å². The molecule has 0 aliphatic rings. The van der Waals surface area contributed by atoms with E-state index in [4.69, 9.17) is 28.5 Å². The molecule has 0 fully saturated rings. The Bertz CT molecular complexity index is 662. The first-order chi connectivity index (χ1) is 9.02. The third-order valence-corrected chi connectivity index (χ3v) is 3.57. The number of halogens is 4. The summed E-state index contributed by atoms with van der Waals surface area (Å²) >= 11 is 15.1. The van der Waals surface area contributed by atoms with Crippen LogP contribution in [0.1, 0.15) is 5.56 Å². The number of anilines is 2. The van der Waals surface area contributed by atoms with Crippen LogP contribution in [0, 0.1) is 17.1 Å². The molecule has 1 aromatic heterocycles. The summed E-state index contributed by atoms with van der Waals surface area (Å²) in [6.45, 7) is 0. The Morgan fingerprint density at radius 3 is 2.74 bits per heavy atom. The monoisotopic (exact) mass is 359 g/mol. The standard InChI is InChI=1S/C12H5BrCl2FN3/c13-8-3-7(16)4-9(14)11(8)19-12-10(15)6(5-17)1-2-18-12/h1-4H,(H,18,19). The first-order valence-electron chi connectivity index (χ1n) is 4.99. The zero-order valence-electron chi connectivity index (χ0n) is 9.22. The molecule has 0 saturated heterocycles. The number of nitrogens with zero attached hydrogens (tertiary/aromatic N) is 2. The highest BCUT2D eigenvalue weighted by atomic mass is 79.9. The maximum absolute atomic E-state index is 13.1. The molecule has 1 aromatic carbocycles. The number of hydrogen-bond acceptors (Lipinski definition) is 3. The van der Waals surface area contributed by atoms with Crippen LogP contribution in [0.5, 0.6) is 0 Å². The van der Waals surface area contributed by atoms with Crippen molar-refractivity contribution in [1.82, 2.24) is 4.98 Å². The second kappa shape index (κ2) is 5.74. The smallest absolute Gasteiger partial charge is 0.150 e. The van der Waals surface area contributed by atoms with Gasteiger partial charge >= 0.3 is 0 Å². The normalized spacial score (nSPS) is 10.1. The Kier molecular flexibility index (Phi) is 4.25. The summed E-state index contributed by atoms with van der Waals surface area (Å²) in [5.74, 6) is -0.192. The van der Waals surface area contributed by atoms with Gasteiger partial charge in [-0.15, -0.1) is 0 Å². The van der Waals surface area contributed by atoms with E-state index < -0.39 is 5.82 Å². The van der Waals surface area contributed by atoms with Gasteiger partial charge in [0.25, 0.3) is 0 Å². The lowest BCUT2D eigenvalue weighted by atomic mass is 10.2. The van der Waals surface area contributed by atoms with E-state index in [9.17, 15) is 4.39 Å². The minimum Gasteiger partial charge on any atom is -0.337 e. The summed E-state index contributed by atoms with van der Waals surface area (Å²) < 4.78 is 13.5. The number of hydrogen-bond donors (Lipinski definition) is 1. The van der Waals surface area contributed by atoms with Gasteiger partial charge < -0.3 is 5.32 Å². The summed E-state index contributed by atoms with van der Waals surface area (Å²) in [5.41, 5.74) is 0.709. The maximum Gasteiger partial charge on any atom is 0.150 e. The van der Waals surface area contributed by atoms with Crippen molar-refractivity contribution in [3.8, 4) is 6.07 Å². The van der Waals surface area contributed by atoms with Gasteiger partial charge in [-0.2, -0.15) is 5.26 Å². The molecule has 2 aromatic rings. The highest BCUT2D eigenvalue weighted by molar-refractivity contribution is 9.10. The van der Waals surface area contributed by atoms with E-state index in [1.165, 1.54) is 18.3 Å². The van der Waals surface area contributed by atoms with Crippen LogP contribution >= 0.6 is 39.1 Å². The highest BCUT2D eigenvalue weighted by Crippen LogP contribution is 2.35. The van der Waals surface area contributed by atoms with Gasteiger partial charge in [-0.25, -0.2) is 9.37 Å². The highest BCUT2D eigenvalue weighted by Gasteiger charge is 2.12. The average Bonchev–Trinajstić information content (AvgIpc) is 2.35. The molecular weight excluding hydrogens is 356 g/mol. The van der Waals surface area contributed by atoms with Crippen LogP contribution in [0.25, 0.3) is 0 Å². The fourth-order valence-corrected chi connectivity index (χ4v) is 2.50. The average molecular weight is 361 g/mol. The molecule has 0 aliphatic carbocycles. The van der Waals surface area contributed by atoms with Crippen LogP contribution in [0.3, 0.4) is 0 Å². The zero-order valence-corrected chi connectivity index (χ0v) is 12.3. The SMILES string of the molecule is N#Cc1ccnc(Nc2c(Cl)cc(F)cc2Br)c1Cl. The number of pyridine rings is 1. The quantitative estimate of drug-likeness (QED) is 0.828. The van der Waals surface area contributed by atoms with Crippen molar-refractivity contribution in [2.45, 2.75) is 0 Å². The molecule has 1 N–H and O–H groups in total. The number of benzene rings is 1. The number of nitriles is 1. The predicted molar refractivity (Wildman–Crippen MR) is 76.4 cm³/mol. The molecule has 0 saturated carbocycles. The minimum atomic E-state index is -0.466. The Balaban J connectivity index is 2.46. The summed E-state index contributed by atoms with van der Waals surface area (Å²) in [7, 11) is 0. The van der Waals surface area contributed by atoms with Crippen LogP contribution in [0.15, 0.2) is 28.9 Å². The van der Waals surface area contributed by atoms with Crippen molar-refractivity contribution >= 4 is 50.6 Å². The molecule has 3 nitrogen and oxygen atoms in total. The van der Waals surface area contributed by atoms with Crippen molar-refractivity contribution in [2.75, 3.05) is 5.32 Å². The van der Waals surface area contributed by atoms with Crippen molar-refractivity contribution in [2.24, 2.45) is 0 Å². The molecule has 0 atom stereocenters. The van der Waals surface area contributed by atoms with E-state index >= 15 is 0 Å². The largest absolute Gasteiger partial charge is 0.337 e. The third kappa shape index (κ3) is 2.98. The lowest BCUT2D eigenvalue weighted by Gasteiger charge is -2.11. The Morgan fingerprint density at radius 1 is 1.37 bits per heavy atom. The second-order valence-electron chi connectivity index (χ2n) is 3.50.